The second-order valence-electron chi connectivity index (χ2n) is 4.13. The van der Waals surface area contributed by atoms with Crippen molar-refractivity contribution in [3.8, 4) is 0 Å². The molecule has 1 saturated heterocycles. The van der Waals surface area contributed by atoms with E-state index in [2.05, 4.69) is 5.43 Å². The number of hydrazine groups is 1. The van der Waals surface area contributed by atoms with Crippen molar-refractivity contribution in [2.24, 2.45) is 5.84 Å². The average molecular weight is 269 g/mol. The summed E-state index contributed by atoms with van der Waals surface area (Å²) >= 11 is 0. The first kappa shape index (κ1) is 13.0. The lowest BCUT2D eigenvalue weighted by Crippen LogP contribution is -2.32. The molecule has 0 saturated carbocycles. The van der Waals surface area contributed by atoms with Gasteiger partial charge >= 0.3 is 0 Å². The number of sulfonamides is 1. The molecular weight excluding hydrogens is 254 g/mol. The quantitative estimate of drug-likeness (QED) is 0.452. The fourth-order valence-corrected chi connectivity index (χ4v) is 3.51. The van der Waals surface area contributed by atoms with E-state index < -0.39 is 15.9 Å². The van der Waals surface area contributed by atoms with Gasteiger partial charge in [-0.3, -0.25) is 10.2 Å². The molecule has 1 aliphatic rings. The van der Waals surface area contributed by atoms with Gasteiger partial charge in [0.1, 0.15) is 0 Å². The van der Waals surface area contributed by atoms with E-state index in [0.29, 0.717) is 24.1 Å². The van der Waals surface area contributed by atoms with Crippen LogP contribution in [0.3, 0.4) is 0 Å². The van der Waals surface area contributed by atoms with Gasteiger partial charge in [0.25, 0.3) is 5.91 Å². The fraction of sp³-hybridized carbons (Fsp3) is 0.364. The Kier molecular flexibility index (Phi) is 3.65. The largest absolute Gasteiger partial charge is 0.290 e. The van der Waals surface area contributed by atoms with Gasteiger partial charge in [0.15, 0.2) is 0 Å². The molecule has 1 aliphatic heterocycles. The average Bonchev–Trinajstić information content (AvgIpc) is 2.68. The first-order chi connectivity index (χ1) is 8.54. The van der Waals surface area contributed by atoms with E-state index in [0.717, 1.165) is 0 Å². The van der Waals surface area contributed by atoms with Crippen molar-refractivity contribution in [1.82, 2.24) is 9.73 Å². The minimum absolute atomic E-state index is 0.179. The summed E-state index contributed by atoms with van der Waals surface area (Å²) < 4.78 is 24.8. The number of amides is 1. The predicted octanol–water partition coefficient (Wildman–Crippen LogP) is -0.174. The van der Waals surface area contributed by atoms with Crippen LogP contribution in [0, 0.1) is 0 Å². The smallest absolute Gasteiger partial charge is 0.265 e. The van der Waals surface area contributed by atoms with Crippen molar-refractivity contribution in [1.29, 1.82) is 0 Å². The molecule has 0 bridgehead atoms. The van der Waals surface area contributed by atoms with Crippen LogP contribution in [-0.2, 0) is 16.6 Å². The molecule has 1 aromatic rings. The number of nitrogens with one attached hydrogen (secondary N) is 1. The molecule has 1 fully saturated rings. The number of nitrogen functional groups attached to an aromatic ring is 1. The van der Waals surface area contributed by atoms with Gasteiger partial charge in [-0.15, -0.1) is 0 Å². The molecule has 0 aliphatic carbocycles. The Morgan fingerprint density at radius 3 is 2.72 bits per heavy atom. The normalized spacial score (nSPS) is 18.7. The van der Waals surface area contributed by atoms with Gasteiger partial charge in [0.05, 0.1) is 5.75 Å². The van der Waals surface area contributed by atoms with Gasteiger partial charge < -0.3 is 0 Å². The molecule has 0 unspecified atom stereocenters. The van der Waals surface area contributed by atoms with Gasteiger partial charge in [0.2, 0.25) is 10.0 Å². The molecule has 2 rings (SSSR count). The number of carbonyl (C=O) groups is 1. The van der Waals surface area contributed by atoms with Gasteiger partial charge in [-0.05, 0) is 18.1 Å². The van der Waals surface area contributed by atoms with E-state index in [1.54, 1.807) is 24.3 Å². The Balaban J connectivity index is 2.27. The van der Waals surface area contributed by atoms with E-state index in [1.165, 1.54) is 4.31 Å². The number of carbonyl (C=O) groups excluding carboxylic acids is 1. The Labute approximate surface area is 106 Å². The zero-order valence-corrected chi connectivity index (χ0v) is 10.6. The van der Waals surface area contributed by atoms with E-state index in [1.807, 2.05) is 0 Å². The molecule has 1 aromatic carbocycles. The van der Waals surface area contributed by atoms with Gasteiger partial charge in [-0.25, -0.2) is 14.3 Å². The number of nitrogens with two attached hydrogens (primary N) is 1. The maximum absolute atomic E-state index is 11.7. The second-order valence-corrected chi connectivity index (χ2v) is 6.22. The summed E-state index contributed by atoms with van der Waals surface area (Å²) in [6, 6.07) is 6.84. The lowest BCUT2D eigenvalue weighted by atomic mass is 10.1. The number of benzene rings is 1. The molecule has 1 heterocycles. The maximum Gasteiger partial charge on any atom is 0.265 e. The van der Waals surface area contributed by atoms with Crippen LogP contribution in [0.1, 0.15) is 22.3 Å². The lowest BCUT2D eigenvalue weighted by Gasteiger charge is -2.16. The molecule has 0 atom stereocenters. The summed E-state index contributed by atoms with van der Waals surface area (Å²) in [5.74, 6) is 4.87. The topological polar surface area (TPSA) is 92.5 Å². The zero-order valence-electron chi connectivity index (χ0n) is 9.80. The minimum Gasteiger partial charge on any atom is -0.290 e. The predicted molar refractivity (Wildman–Crippen MR) is 66.9 cm³/mol. The van der Waals surface area contributed by atoms with Crippen molar-refractivity contribution in [3.63, 3.8) is 0 Å². The number of rotatable bonds is 3. The van der Waals surface area contributed by atoms with Crippen LogP contribution in [0.15, 0.2) is 24.3 Å². The van der Waals surface area contributed by atoms with Crippen LogP contribution >= 0.6 is 0 Å². The summed E-state index contributed by atoms with van der Waals surface area (Å²) in [4.78, 5) is 11.6. The van der Waals surface area contributed by atoms with Gasteiger partial charge in [-0.2, -0.15) is 4.31 Å². The Morgan fingerprint density at radius 1 is 1.39 bits per heavy atom. The highest BCUT2D eigenvalue weighted by Crippen LogP contribution is 2.19. The highest BCUT2D eigenvalue weighted by atomic mass is 32.2. The van der Waals surface area contributed by atoms with E-state index >= 15 is 0 Å². The molecule has 0 spiro atoms. The molecule has 3 N–H and O–H groups in total. The Morgan fingerprint density at radius 2 is 2.11 bits per heavy atom. The second kappa shape index (κ2) is 5.05. The highest BCUT2D eigenvalue weighted by molar-refractivity contribution is 7.89. The van der Waals surface area contributed by atoms with Crippen molar-refractivity contribution < 1.29 is 13.2 Å². The van der Waals surface area contributed by atoms with Crippen LogP contribution in [0.25, 0.3) is 0 Å². The molecular formula is C11H15N3O3S. The summed E-state index contributed by atoms with van der Waals surface area (Å²) in [6.45, 7) is 0.715. The third-order valence-corrected chi connectivity index (χ3v) is 4.85. The third kappa shape index (κ3) is 2.53. The van der Waals surface area contributed by atoms with Crippen molar-refractivity contribution in [2.45, 2.75) is 13.0 Å². The standard InChI is InChI=1S/C11H15N3O3S/c12-13-11(15)10-5-2-1-4-9(10)8-14-6-3-7-18(14,16)17/h1-2,4-5H,3,6-8,12H2,(H,13,15). The van der Waals surface area contributed by atoms with E-state index in [-0.39, 0.29) is 12.3 Å². The Bertz CT molecular complexity index is 556. The summed E-state index contributed by atoms with van der Waals surface area (Å²) in [5, 5.41) is 0. The monoisotopic (exact) mass is 269 g/mol. The summed E-state index contributed by atoms with van der Waals surface area (Å²) in [5.41, 5.74) is 3.12. The highest BCUT2D eigenvalue weighted by Gasteiger charge is 2.28. The minimum atomic E-state index is -3.16. The fourth-order valence-electron chi connectivity index (χ4n) is 2.02. The summed E-state index contributed by atoms with van der Waals surface area (Å²) in [6.07, 6.45) is 0.633. The molecule has 98 valence electrons. The Hall–Kier alpha value is -1.44. The van der Waals surface area contributed by atoms with Crippen molar-refractivity contribution in [2.75, 3.05) is 12.3 Å². The third-order valence-electron chi connectivity index (χ3n) is 2.94. The number of nitrogens with zero attached hydrogens (tertiary/aromatic N) is 1. The van der Waals surface area contributed by atoms with Crippen molar-refractivity contribution in [3.05, 3.63) is 35.4 Å². The van der Waals surface area contributed by atoms with Crippen LogP contribution < -0.4 is 11.3 Å². The van der Waals surface area contributed by atoms with Crippen LogP contribution in [0.5, 0.6) is 0 Å². The SMILES string of the molecule is NNC(=O)c1ccccc1CN1CCCS1(=O)=O. The first-order valence-electron chi connectivity index (χ1n) is 5.61. The zero-order chi connectivity index (χ0) is 13.2. The lowest BCUT2D eigenvalue weighted by molar-refractivity contribution is 0.0952. The molecule has 6 nitrogen and oxygen atoms in total. The molecule has 0 radical (unpaired) electrons. The maximum atomic E-state index is 11.7. The van der Waals surface area contributed by atoms with Crippen LogP contribution in [0.4, 0.5) is 0 Å². The van der Waals surface area contributed by atoms with Gasteiger partial charge in [-0.1, -0.05) is 18.2 Å². The first-order valence-corrected chi connectivity index (χ1v) is 7.22. The molecule has 18 heavy (non-hydrogen) atoms. The van der Waals surface area contributed by atoms with Crippen LogP contribution in [0.2, 0.25) is 0 Å². The van der Waals surface area contributed by atoms with Crippen molar-refractivity contribution >= 4 is 15.9 Å². The molecule has 0 aromatic heterocycles. The van der Waals surface area contributed by atoms with Crippen LogP contribution in [-0.4, -0.2) is 30.9 Å². The van der Waals surface area contributed by atoms with Gasteiger partial charge in [0, 0.05) is 18.7 Å². The molecule has 7 heteroatoms. The van der Waals surface area contributed by atoms with E-state index in [4.69, 9.17) is 5.84 Å². The number of hydrogen-bond acceptors (Lipinski definition) is 4. The summed E-state index contributed by atoms with van der Waals surface area (Å²) in [7, 11) is -3.16. The molecule has 1 amide bonds. The number of hydrogen-bond donors (Lipinski definition) is 2. The van der Waals surface area contributed by atoms with E-state index in [9.17, 15) is 13.2 Å².